The summed E-state index contributed by atoms with van der Waals surface area (Å²) >= 11 is 0. The van der Waals surface area contributed by atoms with Gasteiger partial charge in [0.25, 0.3) is 0 Å². The number of nitrogens with one attached hydrogen (secondary N) is 1. The summed E-state index contributed by atoms with van der Waals surface area (Å²) in [6.45, 7) is 5.30. The minimum Gasteiger partial charge on any atom is -0.457 e. The standard InChI is InChI=1S/C17H19NO3/c1-12(2)18-10-13-5-3-4-6-15(13)21-14-7-8-16-17(9-14)20-11-19-16/h3-9,12,18H,10-11H2,1-2H3. The van der Waals surface area contributed by atoms with Gasteiger partial charge >= 0.3 is 0 Å². The molecule has 0 atom stereocenters. The number of benzene rings is 2. The molecule has 1 aliphatic rings. The third-order valence-corrected chi connectivity index (χ3v) is 3.25. The number of para-hydroxylation sites is 1. The van der Waals surface area contributed by atoms with Crippen molar-refractivity contribution in [2.75, 3.05) is 6.79 Å². The van der Waals surface area contributed by atoms with Crippen LogP contribution in [0.4, 0.5) is 0 Å². The Morgan fingerprint density at radius 1 is 1.10 bits per heavy atom. The molecule has 2 aromatic carbocycles. The lowest BCUT2D eigenvalue weighted by atomic mass is 10.2. The Morgan fingerprint density at radius 3 is 2.76 bits per heavy atom. The van der Waals surface area contributed by atoms with Crippen LogP contribution in [0.2, 0.25) is 0 Å². The Labute approximate surface area is 124 Å². The van der Waals surface area contributed by atoms with Crippen molar-refractivity contribution in [3.8, 4) is 23.0 Å². The third kappa shape index (κ3) is 3.28. The van der Waals surface area contributed by atoms with Gasteiger partial charge in [0.05, 0.1) is 0 Å². The Morgan fingerprint density at radius 2 is 1.90 bits per heavy atom. The number of hydrogen-bond donors (Lipinski definition) is 1. The molecule has 1 heterocycles. The molecule has 2 aromatic rings. The Kier molecular flexibility index (Phi) is 3.97. The lowest BCUT2D eigenvalue weighted by molar-refractivity contribution is 0.174. The van der Waals surface area contributed by atoms with Gasteiger partial charge in [0.2, 0.25) is 6.79 Å². The molecule has 1 aliphatic heterocycles. The molecular weight excluding hydrogens is 266 g/mol. The van der Waals surface area contributed by atoms with Crippen LogP contribution in [0, 0.1) is 0 Å². The highest BCUT2D eigenvalue weighted by atomic mass is 16.7. The molecule has 0 fully saturated rings. The molecule has 0 unspecified atom stereocenters. The van der Waals surface area contributed by atoms with E-state index in [1.54, 1.807) is 0 Å². The predicted molar refractivity (Wildman–Crippen MR) is 81.1 cm³/mol. The van der Waals surface area contributed by atoms with Crippen LogP contribution in [0.3, 0.4) is 0 Å². The van der Waals surface area contributed by atoms with Crippen LogP contribution in [-0.4, -0.2) is 12.8 Å². The molecule has 4 nitrogen and oxygen atoms in total. The fourth-order valence-corrected chi connectivity index (χ4v) is 2.13. The Bertz CT molecular complexity index is 625. The van der Waals surface area contributed by atoms with Gasteiger partial charge in [-0.3, -0.25) is 0 Å². The third-order valence-electron chi connectivity index (χ3n) is 3.25. The second-order valence-corrected chi connectivity index (χ2v) is 5.26. The largest absolute Gasteiger partial charge is 0.457 e. The first-order valence-electron chi connectivity index (χ1n) is 7.11. The average molecular weight is 285 g/mol. The SMILES string of the molecule is CC(C)NCc1ccccc1Oc1ccc2c(c1)OCO2. The van der Waals surface area contributed by atoms with Gasteiger partial charge in [0.15, 0.2) is 11.5 Å². The second-order valence-electron chi connectivity index (χ2n) is 5.26. The average Bonchev–Trinajstić information content (AvgIpc) is 2.94. The molecule has 0 amide bonds. The zero-order valence-electron chi connectivity index (χ0n) is 12.3. The fourth-order valence-electron chi connectivity index (χ4n) is 2.13. The summed E-state index contributed by atoms with van der Waals surface area (Å²) in [4.78, 5) is 0. The molecule has 0 bridgehead atoms. The highest BCUT2D eigenvalue weighted by Crippen LogP contribution is 2.37. The quantitative estimate of drug-likeness (QED) is 0.909. The summed E-state index contributed by atoms with van der Waals surface area (Å²) in [7, 11) is 0. The van der Waals surface area contributed by atoms with Crippen molar-refractivity contribution in [1.82, 2.24) is 5.32 Å². The second kappa shape index (κ2) is 6.06. The van der Waals surface area contributed by atoms with Crippen molar-refractivity contribution in [2.45, 2.75) is 26.4 Å². The van der Waals surface area contributed by atoms with E-state index in [-0.39, 0.29) is 6.79 Å². The van der Waals surface area contributed by atoms with Crippen molar-refractivity contribution in [3.63, 3.8) is 0 Å². The molecule has 0 aromatic heterocycles. The summed E-state index contributed by atoms with van der Waals surface area (Å²) in [5.41, 5.74) is 1.13. The Balaban J connectivity index is 1.78. The van der Waals surface area contributed by atoms with Crippen LogP contribution in [0.1, 0.15) is 19.4 Å². The highest BCUT2D eigenvalue weighted by molar-refractivity contribution is 5.48. The monoisotopic (exact) mass is 285 g/mol. The maximum absolute atomic E-state index is 5.99. The fraction of sp³-hybridized carbons (Fsp3) is 0.294. The number of fused-ring (bicyclic) bond motifs is 1. The topological polar surface area (TPSA) is 39.7 Å². The van der Waals surface area contributed by atoms with E-state index in [1.165, 1.54) is 0 Å². The van der Waals surface area contributed by atoms with Gasteiger partial charge in [-0.05, 0) is 18.2 Å². The minimum absolute atomic E-state index is 0.272. The normalized spacial score (nSPS) is 12.7. The van der Waals surface area contributed by atoms with Crippen LogP contribution in [-0.2, 0) is 6.54 Å². The van der Waals surface area contributed by atoms with Gasteiger partial charge in [-0.25, -0.2) is 0 Å². The van der Waals surface area contributed by atoms with Gasteiger partial charge in [-0.15, -0.1) is 0 Å². The van der Waals surface area contributed by atoms with E-state index < -0.39 is 0 Å². The smallest absolute Gasteiger partial charge is 0.231 e. The van der Waals surface area contributed by atoms with E-state index in [2.05, 4.69) is 25.2 Å². The van der Waals surface area contributed by atoms with Gasteiger partial charge in [0.1, 0.15) is 11.5 Å². The van der Waals surface area contributed by atoms with Crippen LogP contribution in [0.15, 0.2) is 42.5 Å². The zero-order chi connectivity index (χ0) is 14.7. The van der Waals surface area contributed by atoms with E-state index in [4.69, 9.17) is 14.2 Å². The molecule has 0 saturated heterocycles. The summed E-state index contributed by atoms with van der Waals surface area (Å²) < 4.78 is 16.7. The van der Waals surface area contributed by atoms with Crippen molar-refractivity contribution in [3.05, 3.63) is 48.0 Å². The first-order chi connectivity index (χ1) is 10.2. The zero-order valence-corrected chi connectivity index (χ0v) is 12.3. The minimum atomic E-state index is 0.272. The summed E-state index contributed by atoms with van der Waals surface area (Å²) in [5, 5.41) is 3.40. The van der Waals surface area contributed by atoms with Crippen LogP contribution >= 0.6 is 0 Å². The lowest BCUT2D eigenvalue weighted by Gasteiger charge is -2.13. The molecule has 1 N–H and O–H groups in total. The van der Waals surface area contributed by atoms with E-state index in [9.17, 15) is 0 Å². The van der Waals surface area contributed by atoms with Crippen molar-refractivity contribution in [1.29, 1.82) is 0 Å². The number of hydrogen-bond acceptors (Lipinski definition) is 4. The first kappa shape index (κ1) is 13.8. The van der Waals surface area contributed by atoms with Gasteiger partial charge < -0.3 is 19.5 Å². The van der Waals surface area contributed by atoms with E-state index in [1.807, 2.05) is 36.4 Å². The number of rotatable bonds is 5. The summed E-state index contributed by atoms with van der Waals surface area (Å²) in [6, 6.07) is 14.1. The predicted octanol–water partition coefficient (Wildman–Crippen LogP) is 3.71. The molecule has 0 spiro atoms. The van der Waals surface area contributed by atoms with E-state index >= 15 is 0 Å². The van der Waals surface area contributed by atoms with Crippen molar-refractivity contribution in [2.24, 2.45) is 0 Å². The maximum Gasteiger partial charge on any atom is 0.231 e. The molecule has 4 heteroatoms. The van der Waals surface area contributed by atoms with Gasteiger partial charge in [-0.2, -0.15) is 0 Å². The Hall–Kier alpha value is -2.20. The summed E-state index contributed by atoms with van der Waals surface area (Å²) in [6.07, 6.45) is 0. The molecule has 0 radical (unpaired) electrons. The van der Waals surface area contributed by atoms with Crippen LogP contribution in [0.25, 0.3) is 0 Å². The molecule has 0 saturated carbocycles. The number of ether oxygens (including phenoxy) is 3. The molecule has 0 aliphatic carbocycles. The highest BCUT2D eigenvalue weighted by Gasteiger charge is 2.14. The van der Waals surface area contributed by atoms with Crippen LogP contribution < -0.4 is 19.5 Å². The summed E-state index contributed by atoms with van der Waals surface area (Å²) in [5.74, 6) is 3.09. The van der Waals surface area contributed by atoms with Crippen molar-refractivity contribution < 1.29 is 14.2 Å². The van der Waals surface area contributed by atoms with E-state index in [0.29, 0.717) is 6.04 Å². The molecule has 110 valence electrons. The maximum atomic E-state index is 5.99. The van der Waals surface area contributed by atoms with Gasteiger partial charge in [-0.1, -0.05) is 32.0 Å². The van der Waals surface area contributed by atoms with Crippen molar-refractivity contribution >= 4 is 0 Å². The molecule has 3 rings (SSSR count). The molecular formula is C17H19NO3. The first-order valence-corrected chi connectivity index (χ1v) is 7.11. The molecule has 21 heavy (non-hydrogen) atoms. The van der Waals surface area contributed by atoms with Crippen LogP contribution in [0.5, 0.6) is 23.0 Å². The van der Waals surface area contributed by atoms with E-state index in [0.717, 1.165) is 35.1 Å². The van der Waals surface area contributed by atoms with Gasteiger partial charge in [0, 0.05) is 24.2 Å². The lowest BCUT2D eigenvalue weighted by Crippen LogP contribution is -2.22.